The number of anilines is 1. The van der Waals surface area contributed by atoms with Crippen LogP contribution in [-0.2, 0) is 4.79 Å². The molecule has 0 unspecified atom stereocenters. The van der Waals surface area contributed by atoms with Gasteiger partial charge in [0.1, 0.15) is 31.5 Å². The summed E-state index contributed by atoms with van der Waals surface area (Å²) in [6.07, 6.45) is 5.35. The van der Waals surface area contributed by atoms with Gasteiger partial charge in [0.15, 0.2) is 0 Å². The van der Waals surface area contributed by atoms with Crippen molar-refractivity contribution in [1.82, 2.24) is 20.1 Å². The third-order valence-corrected chi connectivity index (χ3v) is 6.33. The molecule has 142 valence electrons. The summed E-state index contributed by atoms with van der Waals surface area (Å²) in [7, 11) is 3.98. The van der Waals surface area contributed by atoms with Crippen LogP contribution in [0.15, 0.2) is 30.5 Å². The third-order valence-electron chi connectivity index (χ3n) is 5.44. The van der Waals surface area contributed by atoms with E-state index in [0.717, 1.165) is 52.3 Å². The van der Waals surface area contributed by atoms with Crippen LogP contribution in [0.5, 0.6) is 0 Å². The zero-order valence-electron chi connectivity index (χ0n) is 16.5. The number of pyridine rings is 1. The molecule has 6 nitrogen and oxygen atoms in total. The number of benzene rings is 1. The zero-order chi connectivity index (χ0) is 19.7. The highest BCUT2D eigenvalue weighted by molar-refractivity contribution is 7.14. The Morgan fingerprint density at radius 3 is 2.64 bits per heavy atom. The molecule has 0 radical (unpaired) electrons. The van der Waals surface area contributed by atoms with Gasteiger partial charge in [-0.1, -0.05) is 29.9 Å². The fourth-order valence-electron chi connectivity index (χ4n) is 3.62. The van der Waals surface area contributed by atoms with Crippen molar-refractivity contribution in [1.29, 1.82) is 0 Å². The minimum absolute atomic E-state index is 0.0165. The number of nitrogens with one attached hydrogen (secondary N) is 1. The molecule has 1 aliphatic heterocycles. The lowest BCUT2D eigenvalue weighted by molar-refractivity contribution is -0.120. The van der Waals surface area contributed by atoms with Gasteiger partial charge in [0, 0.05) is 22.5 Å². The van der Waals surface area contributed by atoms with Gasteiger partial charge in [-0.15, -0.1) is 10.2 Å². The van der Waals surface area contributed by atoms with Crippen LogP contribution in [-0.4, -0.2) is 60.1 Å². The molecule has 1 aromatic carbocycles. The highest BCUT2D eigenvalue weighted by Gasteiger charge is 2.35. The van der Waals surface area contributed by atoms with Gasteiger partial charge >= 0.3 is 0 Å². The molecular formula is C19H23B2N5OS. The number of amides is 1. The Balaban J connectivity index is 1.57. The Labute approximate surface area is 170 Å². The van der Waals surface area contributed by atoms with E-state index in [-0.39, 0.29) is 5.91 Å². The fraction of sp³-hybridized carbons (Fsp3) is 0.368. The lowest BCUT2D eigenvalue weighted by Gasteiger charge is -2.40. The molecule has 3 aromatic rings. The second-order valence-corrected chi connectivity index (χ2v) is 9.00. The van der Waals surface area contributed by atoms with E-state index >= 15 is 0 Å². The van der Waals surface area contributed by atoms with E-state index in [4.69, 9.17) is 0 Å². The highest BCUT2D eigenvalue weighted by Crippen LogP contribution is 2.28. The molecule has 1 N–H and O–H groups in total. The lowest BCUT2D eigenvalue weighted by atomic mass is 9.59. The van der Waals surface area contributed by atoms with Gasteiger partial charge < -0.3 is 10.2 Å². The number of hydrogen-bond donors (Lipinski definition) is 1. The largest absolute Gasteiger partial charge is 0.310 e. The van der Waals surface area contributed by atoms with Crippen molar-refractivity contribution >= 4 is 49.5 Å². The van der Waals surface area contributed by atoms with Crippen LogP contribution < -0.4 is 5.32 Å². The number of likely N-dealkylation sites (tertiary alicyclic amines) is 1. The van der Waals surface area contributed by atoms with Gasteiger partial charge in [-0.2, -0.15) is 0 Å². The first-order valence-corrected chi connectivity index (χ1v) is 10.5. The first-order chi connectivity index (χ1) is 13.4. The highest BCUT2D eigenvalue weighted by atomic mass is 32.1. The minimum atomic E-state index is -0.553. The Kier molecular flexibility index (Phi) is 5.21. The summed E-state index contributed by atoms with van der Waals surface area (Å²) in [5.41, 5.74) is 1.02. The molecule has 3 heterocycles. The first-order valence-electron chi connectivity index (χ1n) is 9.70. The van der Waals surface area contributed by atoms with Crippen LogP contribution in [0.1, 0.15) is 24.3 Å². The van der Waals surface area contributed by atoms with Gasteiger partial charge in [-0.25, -0.2) is 4.98 Å². The summed E-state index contributed by atoms with van der Waals surface area (Å²) in [6, 6.07) is 8.05. The Bertz CT molecular complexity index is 1020. The molecule has 0 aliphatic carbocycles. The molecule has 0 saturated carbocycles. The van der Waals surface area contributed by atoms with Crippen LogP contribution in [0.2, 0.25) is 0 Å². The quantitative estimate of drug-likeness (QED) is 0.682. The number of aryl methyl sites for hydroxylation is 1. The van der Waals surface area contributed by atoms with E-state index in [1.807, 2.05) is 40.8 Å². The topological polar surface area (TPSA) is 71.0 Å². The van der Waals surface area contributed by atoms with Gasteiger partial charge in [-0.3, -0.25) is 4.79 Å². The number of carbonyl (C=O) groups excluding carboxylic acids is 1. The molecule has 28 heavy (non-hydrogen) atoms. The molecule has 1 saturated heterocycles. The number of aromatic nitrogens is 3. The van der Waals surface area contributed by atoms with Crippen molar-refractivity contribution in [2.24, 2.45) is 0 Å². The normalized spacial score (nSPS) is 15.6. The van der Waals surface area contributed by atoms with Crippen molar-refractivity contribution in [2.45, 2.75) is 31.5 Å². The number of carbonyl (C=O) groups is 1. The zero-order valence-corrected chi connectivity index (χ0v) is 17.3. The molecule has 1 amide bonds. The number of rotatable bonds is 4. The molecule has 4 rings (SSSR count). The van der Waals surface area contributed by atoms with Gasteiger partial charge in [0.2, 0.25) is 5.91 Å². The summed E-state index contributed by atoms with van der Waals surface area (Å²) in [6.45, 7) is 3.89. The maximum atomic E-state index is 13.0. The second-order valence-electron chi connectivity index (χ2n) is 7.82. The number of piperidine rings is 1. The van der Waals surface area contributed by atoms with Gasteiger partial charge in [0.05, 0.1) is 0 Å². The molecule has 9 heteroatoms. The van der Waals surface area contributed by atoms with Crippen molar-refractivity contribution in [3.05, 3.63) is 35.5 Å². The second kappa shape index (κ2) is 7.64. The maximum Gasteiger partial charge on any atom is 0.229 e. The molecule has 0 spiro atoms. The van der Waals surface area contributed by atoms with Crippen LogP contribution in [0, 0.1) is 6.92 Å². The summed E-state index contributed by atoms with van der Waals surface area (Å²) in [4.78, 5) is 19.7. The summed E-state index contributed by atoms with van der Waals surface area (Å²) in [5, 5.41) is 14.7. The first kappa shape index (κ1) is 19.1. The molecule has 0 bridgehead atoms. The lowest BCUT2D eigenvalue weighted by Crippen LogP contribution is -2.59. The van der Waals surface area contributed by atoms with Crippen molar-refractivity contribution < 1.29 is 4.79 Å². The fourth-order valence-corrected chi connectivity index (χ4v) is 4.31. The Morgan fingerprint density at radius 1 is 1.14 bits per heavy atom. The van der Waals surface area contributed by atoms with Crippen molar-refractivity contribution in [3.63, 3.8) is 0 Å². The van der Waals surface area contributed by atoms with Crippen LogP contribution in [0.25, 0.3) is 21.3 Å². The summed E-state index contributed by atoms with van der Waals surface area (Å²) >= 11 is 1.57. The van der Waals surface area contributed by atoms with E-state index < -0.39 is 5.34 Å². The van der Waals surface area contributed by atoms with Gasteiger partial charge in [-0.05, 0) is 50.4 Å². The number of fused-ring (bicyclic) bond motifs is 1. The Morgan fingerprint density at radius 2 is 1.93 bits per heavy atom. The predicted octanol–water partition coefficient (Wildman–Crippen LogP) is 1.41. The van der Waals surface area contributed by atoms with Crippen LogP contribution >= 0.6 is 11.3 Å². The SMILES string of the molecule is BC(B)(C(=O)Nc1cc2cc(-c3nnc(C)s3)ccc2cn1)N1CCCCC1. The number of hydrogen-bond acceptors (Lipinski definition) is 6. The van der Waals surface area contributed by atoms with Crippen molar-refractivity contribution in [3.8, 4) is 10.6 Å². The van der Waals surface area contributed by atoms with E-state index in [2.05, 4.69) is 31.5 Å². The van der Waals surface area contributed by atoms with Crippen LogP contribution in [0.4, 0.5) is 5.82 Å². The predicted molar refractivity (Wildman–Crippen MR) is 119 cm³/mol. The molecular weight excluding hydrogens is 368 g/mol. The molecule has 1 fully saturated rings. The molecule has 0 atom stereocenters. The maximum absolute atomic E-state index is 13.0. The minimum Gasteiger partial charge on any atom is -0.310 e. The van der Waals surface area contributed by atoms with E-state index in [1.54, 1.807) is 17.5 Å². The molecule has 2 aromatic heterocycles. The summed E-state index contributed by atoms with van der Waals surface area (Å²) < 4.78 is 0. The van der Waals surface area contributed by atoms with E-state index in [0.29, 0.717) is 5.82 Å². The monoisotopic (exact) mass is 391 g/mol. The average molecular weight is 391 g/mol. The molecule has 1 aliphatic rings. The van der Waals surface area contributed by atoms with Gasteiger partial charge in [0.25, 0.3) is 0 Å². The van der Waals surface area contributed by atoms with Crippen LogP contribution in [0.3, 0.4) is 0 Å². The average Bonchev–Trinajstić information content (AvgIpc) is 3.14. The van der Waals surface area contributed by atoms with E-state index in [1.165, 1.54) is 6.42 Å². The summed E-state index contributed by atoms with van der Waals surface area (Å²) in [5.74, 6) is 0.560. The van der Waals surface area contributed by atoms with Crippen molar-refractivity contribution in [2.75, 3.05) is 18.4 Å². The standard InChI is InChI=1S/C19H23B2N5OS/c1-12-24-25-17(28-12)13-5-6-14-11-22-16(10-15(14)9-13)23-18(27)19(20,21)26-7-3-2-4-8-26/h5-6,9-11H,2-4,7-8,20-21H2,1H3,(H,22,23,27). The Hall–Kier alpha value is -2.25. The number of nitrogens with zero attached hydrogens (tertiary/aromatic N) is 4. The smallest absolute Gasteiger partial charge is 0.229 e. The van der Waals surface area contributed by atoms with E-state index in [9.17, 15) is 4.79 Å². The third kappa shape index (κ3) is 3.82.